The SMILES string of the molecule is O=C(Nc1nccs1)C1CCCN(C(=O)c2sccc2S(=O)(=O)N2CCCCC2)C1. The zero-order valence-electron chi connectivity index (χ0n) is 16.5. The van der Waals surface area contributed by atoms with Crippen LogP contribution < -0.4 is 5.32 Å². The molecule has 1 N–H and O–H groups in total. The van der Waals surface area contributed by atoms with Gasteiger partial charge in [0.15, 0.2) is 5.13 Å². The van der Waals surface area contributed by atoms with Gasteiger partial charge in [-0.2, -0.15) is 4.31 Å². The number of anilines is 1. The first-order chi connectivity index (χ1) is 14.5. The minimum Gasteiger partial charge on any atom is -0.337 e. The van der Waals surface area contributed by atoms with Crippen LogP contribution in [0.4, 0.5) is 5.13 Å². The molecule has 0 saturated carbocycles. The normalized spacial score (nSPS) is 20.8. The van der Waals surface area contributed by atoms with Gasteiger partial charge in [-0.25, -0.2) is 13.4 Å². The number of carbonyl (C=O) groups is 2. The molecule has 4 heterocycles. The average Bonchev–Trinajstić information content (AvgIpc) is 3.46. The summed E-state index contributed by atoms with van der Waals surface area (Å²) < 4.78 is 27.7. The summed E-state index contributed by atoms with van der Waals surface area (Å²) in [7, 11) is -3.69. The maximum atomic E-state index is 13.2. The zero-order valence-corrected chi connectivity index (χ0v) is 18.9. The zero-order chi connectivity index (χ0) is 21.1. The maximum absolute atomic E-state index is 13.2. The first-order valence-corrected chi connectivity index (χ1v) is 13.2. The molecule has 2 aromatic heterocycles. The van der Waals surface area contributed by atoms with E-state index in [1.54, 1.807) is 21.9 Å². The lowest BCUT2D eigenvalue weighted by molar-refractivity contribution is -0.121. The van der Waals surface area contributed by atoms with Crippen LogP contribution >= 0.6 is 22.7 Å². The van der Waals surface area contributed by atoms with Gasteiger partial charge in [0.05, 0.1) is 5.92 Å². The van der Waals surface area contributed by atoms with Crippen LogP contribution in [0.15, 0.2) is 27.9 Å². The Labute approximate surface area is 184 Å². The number of hydrogen-bond donors (Lipinski definition) is 1. The number of sulfonamides is 1. The first-order valence-electron chi connectivity index (χ1n) is 10.0. The predicted molar refractivity (Wildman–Crippen MR) is 116 cm³/mol. The van der Waals surface area contributed by atoms with E-state index in [-0.39, 0.29) is 34.0 Å². The van der Waals surface area contributed by atoms with Crippen molar-refractivity contribution >= 4 is 49.6 Å². The largest absolute Gasteiger partial charge is 0.337 e. The van der Waals surface area contributed by atoms with Gasteiger partial charge in [-0.1, -0.05) is 6.42 Å². The van der Waals surface area contributed by atoms with E-state index in [2.05, 4.69) is 10.3 Å². The van der Waals surface area contributed by atoms with Gasteiger partial charge in [0, 0.05) is 37.8 Å². The second-order valence-electron chi connectivity index (χ2n) is 7.50. The highest BCUT2D eigenvalue weighted by molar-refractivity contribution is 7.89. The van der Waals surface area contributed by atoms with Gasteiger partial charge in [-0.3, -0.25) is 9.59 Å². The Bertz CT molecular complexity index is 997. The van der Waals surface area contributed by atoms with E-state index < -0.39 is 10.0 Å². The summed E-state index contributed by atoms with van der Waals surface area (Å²) in [6.45, 7) is 1.78. The predicted octanol–water partition coefficient (Wildman–Crippen LogP) is 2.87. The van der Waals surface area contributed by atoms with Crippen LogP contribution in [0.2, 0.25) is 0 Å². The summed E-state index contributed by atoms with van der Waals surface area (Å²) in [5, 5.41) is 6.77. The molecule has 2 aromatic rings. The smallest absolute Gasteiger partial charge is 0.265 e. The summed E-state index contributed by atoms with van der Waals surface area (Å²) in [5.74, 6) is -0.809. The Kier molecular flexibility index (Phi) is 6.51. The summed E-state index contributed by atoms with van der Waals surface area (Å²) in [6.07, 6.45) is 5.71. The molecular formula is C19H24N4O4S3. The molecule has 0 aliphatic carbocycles. The van der Waals surface area contributed by atoms with Gasteiger partial charge in [-0.05, 0) is 37.1 Å². The fourth-order valence-corrected chi connectivity index (χ4v) is 7.32. The average molecular weight is 469 g/mol. The van der Waals surface area contributed by atoms with Crippen LogP contribution in [-0.4, -0.2) is 60.6 Å². The molecule has 162 valence electrons. The Balaban J connectivity index is 1.48. The van der Waals surface area contributed by atoms with E-state index in [0.717, 1.165) is 30.6 Å². The molecule has 0 bridgehead atoms. The monoisotopic (exact) mass is 468 g/mol. The van der Waals surface area contributed by atoms with E-state index in [1.165, 1.54) is 21.7 Å². The van der Waals surface area contributed by atoms with Crippen LogP contribution in [0, 0.1) is 5.92 Å². The van der Waals surface area contributed by atoms with Crippen molar-refractivity contribution in [2.24, 2.45) is 5.92 Å². The summed E-state index contributed by atoms with van der Waals surface area (Å²) >= 11 is 2.49. The van der Waals surface area contributed by atoms with Crippen LogP contribution in [0.5, 0.6) is 0 Å². The lowest BCUT2D eigenvalue weighted by Crippen LogP contribution is -2.44. The highest BCUT2D eigenvalue weighted by Crippen LogP contribution is 2.30. The fraction of sp³-hybridized carbons (Fsp3) is 0.526. The van der Waals surface area contributed by atoms with E-state index in [9.17, 15) is 18.0 Å². The van der Waals surface area contributed by atoms with Gasteiger partial charge >= 0.3 is 0 Å². The van der Waals surface area contributed by atoms with Crippen molar-refractivity contribution in [1.29, 1.82) is 0 Å². The minimum atomic E-state index is -3.69. The van der Waals surface area contributed by atoms with Crippen LogP contribution in [0.25, 0.3) is 0 Å². The number of rotatable bonds is 5. The Morgan fingerprint density at radius 3 is 2.60 bits per heavy atom. The van der Waals surface area contributed by atoms with Crippen molar-refractivity contribution in [1.82, 2.24) is 14.2 Å². The summed E-state index contributed by atoms with van der Waals surface area (Å²) in [5.41, 5.74) is 0. The molecule has 8 nitrogen and oxygen atoms in total. The van der Waals surface area contributed by atoms with Crippen LogP contribution in [0.1, 0.15) is 41.8 Å². The van der Waals surface area contributed by atoms with E-state index in [1.807, 2.05) is 0 Å². The lowest BCUT2D eigenvalue weighted by atomic mass is 9.97. The van der Waals surface area contributed by atoms with Crippen molar-refractivity contribution < 1.29 is 18.0 Å². The minimum absolute atomic E-state index is 0.0914. The molecule has 2 aliphatic heterocycles. The van der Waals surface area contributed by atoms with E-state index in [4.69, 9.17) is 0 Å². The van der Waals surface area contributed by atoms with Crippen molar-refractivity contribution in [3.63, 3.8) is 0 Å². The first kappa shape index (κ1) is 21.4. The van der Waals surface area contributed by atoms with Gasteiger partial charge in [0.2, 0.25) is 15.9 Å². The number of hydrogen-bond acceptors (Lipinski definition) is 7. The van der Waals surface area contributed by atoms with Crippen molar-refractivity contribution in [2.45, 2.75) is 37.0 Å². The molecule has 4 rings (SSSR count). The molecule has 11 heteroatoms. The third-order valence-corrected chi connectivity index (χ3v) is 9.16. The summed E-state index contributed by atoms with van der Waals surface area (Å²) in [6, 6.07) is 1.53. The third-order valence-electron chi connectivity index (χ3n) is 5.50. The standard InChI is InChI=1S/C19H24N4O4S3/c24-17(21-19-20-7-12-29-19)14-5-4-8-22(13-14)18(25)16-15(6-11-28-16)30(26,27)23-9-2-1-3-10-23/h6-7,11-12,14H,1-5,8-10,13H2,(H,20,21,24). The van der Waals surface area contributed by atoms with Crippen LogP contribution in [0.3, 0.4) is 0 Å². The molecule has 2 aliphatic rings. The molecule has 2 saturated heterocycles. The fourth-order valence-electron chi connectivity index (χ4n) is 3.91. The number of piperidine rings is 2. The number of thiazole rings is 1. The molecule has 0 spiro atoms. The molecule has 2 amide bonds. The molecular weight excluding hydrogens is 444 g/mol. The Morgan fingerprint density at radius 1 is 1.07 bits per heavy atom. The molecule has 1 atom stereocenters. The highest BCUT2D eigenvalue weighted by atomic mass is 32.2. The third kappa shape index (κ3) is 4.43. The number of likely N-dealkylation sites (tertiary alicyclic amines) is 1. The van der Waals surface area contributed by atoms with Gasteiger partial charge in [0.1, 0.15) is 9.77 Å². The Hall–Kier alpha value is -1.82. The molecule has 1 unspecified atom stereocenters. The van der Waals surface area contributed by atoms with Gasteiger partial charge in [0.25, 0.3) is 5.91 Å². The van der Waals surface area contributed by atoms with E-state index in [0.29, 0.717) is 37.6 Å². The molecule has 2 fully saturated rings. The number of thiophene rings is 1. The molecule has 30 heavy (non-hydrogen) atoms. The number of aromatic nitrogens is 1. The van der Waals surface area contributed by atoms with E-state index >= 15 is 0 Å². The second kappa shape index (κ2) is 9.13. The number of carbonyl (C=O) groups excluding carboxylic acids is 2. The number of amides is 2. The number of nitrogens with zero attached hydrogens (tertiary/aromatic N) is 3. The molecule has 0 radical (unpaired) electrons. The van der Waals surface area contributed by atoms with Gasteiger partial charge in [-0.15, -0.1) is 22.7 Å². The van der Waals surface area contributed by atoms with Gasteiger partial charge < -0.3 is 10.2 Å². The van der Waals surface area contributed by atoms with Crippen molar-refractivity contribution in [3.05, 3.63) is 27.9 Å². The second-order valence-corrected chi connectivity index (χ2v) is 11.2. The van der Waals surface area contributed by atoms with Crippen molar-refractivity contribution in [2.75, 3.05) is 31.5 Å². The lowest BCUT2D eigenvalue weighted by Gasteiger charge is -2.32. The Morgan fingerprint density at radius 2 is 1.87 bits per heavy atom. The molecule has 0 aromatic carbocycles. The topological polar surface area (TPSA) is 99.7 Å². The maximum Gasteiger partial charge on any atom is 0.265 e. The highest BCUT2D eigenvalue weighted by Gasteiger charge is 2.35. The number of nitrogens with one attached hydrogen (secondary N) is 1. The summed E-state index contributed by atoms with van der Waals surface area (Å²) in [4.78, 5) is 31.8. The van der Waals surface area contributed by atoms with Crippen LogP contribution in [-0.2, 0) is 14.8 Å². The van der Waals surface area contributed by atoms with Crippen molar-refractivity contribution in [3.8, 4) is 0 Å². The quantitative estimate of drug-likeness (QED) is 0.727.